The van der Waals surface area contributed by atoms with Crippen molar-refractivity contribution >= 4 is 28.9 Å². The molecule has 1 amide bonds. The summed E-state index contributed by atoms with van der Waals surface area (Å²) in [7, 11) is 0. The Bertz CT molecular complexity index is 310. The van der Waals surface area contributed by atoms with Crippen LogP contribution in [0.25, 0.3) is 0 Å². The van der Waals surface area contributed by atoms with E-state index in [-0.39, 0.29) is 23.9 Å². The fraction of sp³-hybridized carbons (Fsp3) is 0.444. The number of thioether (sulfide) groups is 1. The van der Waals surface area contributed by atoms with E-state index in [0.29, 0.717) is 0 Å². The molecule has 0 rings (SSSR count). The first-order valence-electron chi connectivity index (χ1n) is 4.26. The quantitative estimate of drug-likeness (QED) is 0.491. The highest BCUT2D eigenvalue weighted by molar-refractivity contribution is 8.13. The van der Waals surface area contributed by atoms with Crippen LogP contribution < -0.4 is 5.32 Å². The van der Waals surface area contributed by atoms with E-state index in [1.54, 1.807) is 6.92 Å². The Morgan fingerprint density at radius 2 is 2.20 bits per heavy atom. The molecule has 0 heterocycles. The molecule has 0 aromatic carbocycles. The second kappa shape index (κ2) is 7.19. The van der Waals surface area contributed by atoms with Gasteiger partial charge in [0.25, 0.3) is 0 Å². The molecule has 3 N–H and O–H groups in total. The van der Waals surface area contributed by atoms with Gasteiger partial charge in [-0.25, -0.2) is 4.99 Å². The standard InChI is InChI=1S/C9H15N3O2S/c1-6(14)11-9(8(4-10)5-13)12-7(2)15-3/h4,10,13H,5H2,1-3H3,(H,11,14)/b9-8+,10-4?,12-7+. The van der Waals surface area contributed by atoms with Crippen LogP contribution in [-0.2, 0) is 4.79 Å². The number of hydrogen-bond acceptors (Lipinski definition) is 5. The van der Waals surface area contributed by atoms with Crippen LogP contribution in [-0.4, -0.2) is 35.1 Å². The number of nitrogens with one attached hydrogen (secondary N) is 2. The van der Waals surface area contributed by atoms with Crippen molar-refractivity contribution in [1.29, 1.82) is 5.41 Å². The number of amides is 1. The Labute approximate surface area is 93.2 Å². The lowest BCUT2D eigenvalue weighted by atomic mass is 10.3. The number of nitrogens with zero attached hydrogens (tertiary/aromatic N) is 1. The molecule has 6 heteroatoms. The molecule has 15 heavy (non-hydrogen) atoms. The Balaban J connectivity index is 5.11. The molecule has 0 unspecified atom stereocenters. The van der Waals surface area contributed by atoms with Crippen molar-refractivity contribution in [3.63, 3.8) is 0 Å². The van der Waals surface area contributed by atoms with Crippen LogP contribution in [0.1, 0.15) is 13.8 Å². The van der Waals surface area contributed by atoms with Gasteiger partial charge in [0.05, 0.1) is 11.7 Å². The van der Waals surface area contributed by atoms with Crippen LogP contribution in [0.5, 0.6) is 0 Å². The number of rotatable bonds is 4. The van der Waals surface area contributed by atoms with E-state index < -0.39 is 0 Å². The van der Waals surface area contributed by atoms with E-state index in [0.717, 1.165) is 11.3 Å². The minimum absolute atomic E-state index is 0.229. The van der Waals surface area contributed by atoms with Crippen LogP contribution in [0.4, 0.5) is 0 Å². The van der Waals surface area contributed by atoms with Gasteiger partial charge in [-0.2, -0.15) is 0 Å². The lowest BCUT2D eigenvalue weighted by Crippen LogP contribution is -2.21. The van der Waals surface area contributed by atoms with Gasteiger partial charge in [-0.15, -0.1) is 11.8 Å². The minimum Gasteiger partial charge on any atom is -0.391 e. The Morgan fingerprint density at radius 3 is 2.53 bits per heavy atom. The smallest absolute Gasteiger partial charge is 0.222 e. The molecular formula is C9H15N3O2S. The molecule has 0 radical (unpaired) electrons. The molecule has 0 aliphatic rings. The van der Waals surface area contributed by atoms with Gasteiger partial charge in [0.2, 0.25) is 5.91 Å². The molecule has 0 saturated heterocycles. The van der Waals surface area contributed by atoms with Crippen molar-refractivity contribution in [3.05, 3.63) is 11.4 Å². The SMILES string of the molecule is CS/C(C)=N/C(NC(C)=O)=C(\C=N)CO. The topological polar surface area (TPSA) is 85.5 Å². The maximum Gasteiger partial charge on any atom is 0.222 e. The predicted molar refractivity (Wildman–Crippen MR) is 63.3 cm³/mol. The number of carbonyl (C=O) groups is 1. The highest BCUT2D eigenvalue weighted by atomic mass is 32.2. The van der Waals surface area contributed by atoms with Gasteiger partial charge in [0.1, 0.15) is 5.82 Å². The number of hydrogen-bond donors (Lipinski definition) is 3. The summed E-state index contributed by atoms with van der Waals surface area (Å²) in [6.07, 6.45) is 2.83. The number of carbonyl (C=O) groups excluding carboxylic acids is 1. The average Bonchev–Trinajstić information content (AvgIpc) is 2.18. The second-order valence-electron chi connectivity index (χ2n) is 2.69. The maximum atomic E-state index is 10.9. The fourth-order valence-corrected chi connectivity index (χ4v) is 0.921. The van der Waals surface area contributed by atoms with Crippen molar-refractivity contribution < 1.29 is 9.90 Å². The maximum absolute atomic E-state index is 10.9. The van der Waals surface area contributed by atoms with Crippen molar-refractivity contribution in [2.45, 2.75) is 13.8 Å². The molecule has 0 atom stereocenters. The minimum atomic E-state index is -0.329. The van der Waals surface area contributed by atoms with Gasteiger partial charge in [-0.3, -0.25) is 4.79 Å². The summed E-state index contributed by atoms with van der Waals surface area (Å²) in [5.41, 5.74) is 0.276. The molecular weight excluding hydrogens is 214 g/mol. The highest BCUT2D eigenvalue weighted by Gasteiger charge is 2.05. The zero-order valence-corrected chi connectivity index (χ0v) is 9.81. The second-order valence-corrected chi connectivity index (χ2v) is 3.69. The number of aliphatic hydroxyl groups is 1. The van der Waals surface area contributed by atoms with Crippen LogP contribution in [0.3, 0.4) is 0 Å². The van der Waals surface area contributed by atoms with E-state index in [2.05, 4.69) is 10.3 Å². The van der Waals surface area contributed by atoms with Gasteiger partial charge in [0, 0.05) is 18.7 Å². The summed E-state index contributed by atoms with van der Waals surface area (Å²) in [4.78, 5) is 15.0. The van der Waals surface area contributed by atoms with Crippen molar-refractivity contribution in [2.75, 3.05) is 12.9 Å². The Kier molecular flexibility index (Phi) is 6.64. The van der Waals surface area contributed by atoms with Crippen LogP contribution >= 0.6 is 11.8 Å². The van der Waals surface area contributed by atoms with Gasteiger partial charge >= 0.3 is 0 Å². The van der Waals surface area contributed by atoms with Crippen molar-refractivity contribution in [2.24, 2.45) is 4.99 Å². The summed E-state index contributed by atoms with van der Waals surface area (Å²) in [6, 6.07) is 0. The van der Waals surface area contributed by atoms with E-state index in [4.69, 9.17) is 10.5 Å². The van der Waals surface area contributed by atoms with E-state index in [1.165, 1.54) is 18.7 Å². The lowest BCUT2D eigenvalue weighted by Gasteiger charge is -2.07. The molecule has 0 aromatic heterocycles. The van der Waals surface area contributed by atoms with E-state index >= 15 is 0 Å². The average molecular weight is 229 g/mol. The van der Waals surface area contributed by atoms with Gasteiger partial charge in [0.15, 0.2) is 0 Å². The monoisotopic (exact) mass is 229 g/mol. The third-order valence-electron chi connectivity index (χ3n) is 1.51. The summed E-state index contributed by atoms with van der Waals surface area (Å²) >= 11 is 1.43. The molecule has 0 spiro atoms. The van der Waals surface area contributed by atoms with E-state index in [1.807, 2.05) is 6.26 Å². The molecule has 0 saturated carbocycles. The van der Waals surface area contributed by atoms with Crippen LogP contribution in [0, 0.1) is 5.41 Å². The van der Waals surface area contributed by atoms with E-state index in [9.17, 15) is 4.79 Å². The highest BCUT2D eigenvalue weighted by Crippen LogP contribution is 2.05. The van der Waals surface area contributed by atoms with Crippen molar-refractivity contribution in [1.82, 2.24) is 5.32 Å². The first-order chi connectivity index (χ1) is 7.04. The lowest BCUT2D eigenvalue weighted by molar-refractivity contribution is -0.118. The molecule has 5 nitrogen and oxygen atoms in total. The fourth-order valence-electron chi connectivity index (χ4n) is 0.739. The number of aliphatic hydroxyl groups excluding tert-OH is 1. The molecule has 0 aliphatic carbocycles. The first kappa shape index (κ1) is 13.9. The zero-order valence-electron chi connectivity index (χ0n) is 9.00. The van der Waals surface area contributed by atoms with Crippen LogP contribution in [0.15, 0.2) is 16.4 Å². The molecule has 84 valence electrons. The summed E-state index contributed by atoms with van der Waals surface area (Å²) in [6.45, 7) is 2.80. The largest absolute Gasteiger partial charge is 0.391 e. The van der Waals surface area contributed by atoms with Crippen molar-refractivity contribution in [3.8, 4) is 0 Å². The van der Waals surface area contributed by atoms with Crippen LogP contribution in [0.2, 0.25) is 0 Å². The zero-order chi connectivity index (χ0) is 11.8. The summed E-state index contributed by atoms with van der Waals surface area (Å²) in [5, 5.41) is 19.2. The summed E-state index contributed by atoms with van der Waals surface area (Å²) in [5.74, 6) is -0.0534. The third-order valence-corrected chi connectivity index (χ3v) is 2.19. The van der Waals surface area contributed by atoms with Gasteiger partial charge < -0.3 is 15.8 Å². The normalized spacial score (nSPS) is 13.2. The third kappa shape index (κ3) is 5.34. The first-order valence-corrected chi connectivity index (χ1v) is 5.49. The molecule has 0 aliphatic heterocycles. The molecule has 0 bridgehead atoms. The molecule has 0 fully saturated rings. The van der Waals surface area contributed by atoms with Gasteiger partial charge in [-0.05, 0) is 13.2 Å². The predicted octanol–water partition coefficient (Wildman–Crippen LogP) is 0.757. The Hall–Kier alpha value is -1.14. The number of aliphatic imine (C=N–C) groups is 1. The molecule has 0 aromatic rings. The Morgan fingerprint density at radius 1 is 1.60 bits per heavy atom. The van der Waals surface area contributed by atoms with Gasteiger partial charge in [-0.1, -0.05) is 0 Å². The summed E-state index contributed by atoms with van der Waals surface area (Å²) < 4.78 is 0.